The van der Waals surface area contributed by atoms with Crippen LogP contribution in [0.25, 0.3) is 0 Å². The number of amides is 1. The van der Waals surface area contributed by atoms with Crippen LogP contribution in [0.15, 0.2) is 18.2 Å². The molecule has 110 valence electrons. The van der Waals surface area contributed by atoms with Gasteiger partial charge in [-0.3, -0.25) is 14.9 Å². The second kappa shape index (κ2) is 6.39. The van der Waals surface area contributed by atoms with Crippen molar-refractivity contribution >= 4 is 21.6 Å². The Morgan fingerprint density at radius 1 is 1.45 bits per heavy atom. The van der Waals surface area contributed by atoms with E-state index in [1.807, 2.05) is 4.72 Å². The lowest BCUT2D eigenvalue weighted by Crippen LogP contribution is -2.33. The van der Waals surface area contributed by atoms with E-state index in [1.54, 1.807) is 0 Å². The van der Waals surface area contributed by atoms with Gasteiger partial charge in [0.1, 0.15) is 11.4 Å². The first-order valence-corrected chi connectivity index (χ1v) is 7.05. The lowest BCUT2D eigenvalue weighted by atomic mass is 10.1. The summed E-state index contributed by atoms with van der Waals surface area (Å²) < 4.78 is 37.3. The molecule has 1 aromatic carbocycles. The van der Waals surface area contributed by atoms with E-state index < -0.39 is 43.7 Å². The maximum absolute atomic E-state index is 13.0. The first-order chi connectivity index (χ1) is 9.26. The number of nitro groups is 1. The fourth-order valence-corrected chi connectivity index (χ4v) is 1.92. The molecule has 1 amide bonds. The molecule has 0 aromatic heterocycles. The Kier molecular flexibility index (Phi) is 5.11. The Morgan fingerprint density at radius 3 is 2.65 bits per heavy atom. The number of halogens is 1. The lowest BCUT2D eigenvalue weighted by molar-refractivity contribution is -0.385. The van der Waals surface area contributed by atoms with Crippen LogP contribution in [0.2, 0.25) is 0 Å². The number of rotatable bonds is 6. The topological polar surface area (TPSA) is 118 Å². The number of carbonyl (C=O) groups excluding carboxylic acids is 1. The highest BCUT2D eigenvalue weighted by molar-refractivity contribution is 7.89. The number of sulfonamides is 1. The molecule has 0 spiro atoms. The molecule has 10 heteroatoms. The fraction of sp³-hybridized carbons (Fsp3) is 0.300. The van der Waals surface area contributed by atoms with E-state index in [-0.39, 0.29) is 6.54 Å². The van der Waals surface area contributed by atoms with Gasteiger partial charge in [-0.1, -0.05) is 0 Å². The molecule has 0 aliphatic rings. The van der Waals surface area contributed by atoms with Gasteiger partial charge in [0.05, 0.1) is 10.7 Å². The van der Waals surface area contributed by atoms with E-state index in [0.717, 1.165) is 18.2 Å². The van der Waals surface area contributed by atoms with E-state index in [0.29, 0.717) is 0 Å². The summed E-state index contributed by atoms with van der Waals surface area (Å²) in [5, 5.41) is 12.9. The van der Waals surface area contributed by atoms with Gasteiger partial charge in [0.2, 0.25) is 10.0 Å². The largest absolute Gasteiger partial charge is 0.351 e. The first kappa shape index (κ1) is 16.0. The van der Waals surface area contributed by atoms with Gasteiger partial charge in [-0.2, -0.15) is 0 Å². The average molecular weight is 305 g/mol. The van der Waals surface area contributed by atoms with Crippen LogP contribution in [0.4, 0.5) is 10.1 Å². The number of nitro benzene ring substituents is 1. The molecule has 0 saturated heterocycles. The second-order valence-electron chi connectivity index (χ2n) is 3.70. The Bertz CT molecular complexity index is 632. The predicted octanol–water partition coefficient (Wildman–Crippen LogP) is 0.0129. The zero-order chi connectivity index (χ0) is 15.3. The monoisotopic (exact) mass is 305 g/mol. The number of nitrogens with one attached hydrogen (secondary N) is 2. The summed E-state index contributed by atoms with van der Waals surface area (Å²) in [6.07, 6.45) is 0. The molecule has 0 aliphatic heterocycles. The van der Waals surface area contributed by atoms with Crippen LogP contribution in [-0.4, -0.2) is 38.6 Å². The van der Waals surface area contributed by atoms with Crippen molar-refractivity contribution in [3.8, 4) is 0 Å². The van der Waals surface area contributed by atoms with Gasteiger partial charge in [-0.15, -0.1) is 0 Å². The van der Waals surface area contributed by atoms with Crippen molar-refractivity contribution < 1.29 is 22.5 Å². The average Bonchev–Trinajstić information content (AvgIpc) is 2.37. The van der Waals surface area contributed by atoms with Crippen LogP contribution in [0.5, 0.6) is 0 Å². The van der Waals surface area contributed by atoms with E-state index in [9.17, 15) is 27.7 Å². The number of hydrogen-bond donors (Lipinski definition) is 2. The second-order valence-corrected chi connectivity index (χ2v) is 5.74. The van der Waals surface area contributed by atoms with Crippen LogP contribution in [0, 0.1) is 15.9 Å². The first-order valence-electron chi connectivity index (χ1n) is 5.40. The van der Waals surface area contributed by atoms with Crippen LogP contribution in [0.3, 0.4) is 0 Å². The highest BCUT2D eigenvalue weighted by Crippen LogP contribution is 2.19. The summed E-state index contributed by atoms with van der Waals surface area (Å²) in [4.78, 5) is 21.6. The molecule has 0 bridgehead atoms. The zero-order valence-corrected chi connectivity index (χ0v) is 11.2. The van der Waals surface area contributed by atoms with Gasteiger partial charge in [0.25, 0.3) is 11.6 Å². The lowest BCUT2D eigenvalue weighted by Gasteiger charge is -2.06. The van der Waals surface area contributed by atoms with Crippen LogP contribution in [-0.2, 0) is 10.0 Å². The minimum atomic E-state index is -3.50. The molecule has 0 heterocycles. The maximum Gasteiger partial charge on any atom is 0.282 e. The molecule has 2 N–H and O–H groups in total. The summed E-state index contributed by atoms with van der Waals surface area (Å²) in [6, 6.07) is 2.45. The third kappa shape index (κ3) is 4.24. The molecule has 0 saturated carbocycles. The van der Waals surface area contributed by atoms with Crippen LogP contribution >= 0.6 is 0 Å². The number of carbonyl (C=O) groups is 1. The molecular formula is C10H12FN3O5S. The van der Waals surface area contributed by atoms with Crippen molar-refractivity contribution in [2.24, 2.45) is 0 Å². The third-order valence-corrected chi connectivity index (χ3v) is 3.73. The van der Waals surface area contributed by atoms with Crippen molar-refractivity contribution in [1.82, 2.24) is 10.0 Å². The Balaban J connectivity index is 2.83. The van der Waals surface area contributed by atoms with Crippen molar-refractivity contribution in [2.45, 2.75) is 0 Å². The third-order valence-electron chi connectivity index (χ3n) is 2.37. The van der Waals surface area contributed by atoms with Crippen molar-refractivity contribution in [3.63, 3.8) is 0 Å². The normalized spacial score (nSPS) is 11.1. The van der Waals surface area contributed by atoms with Crippen molar-refractivity contribution in [3.05, 3.63) is 39.7 Å². The van der Waals surface area contributed by atoms with Crippen molar-refractivity contribution in [1.29, 1.82) is 0 Å². The smallest absolute Gasteiger partial charge is 0.282 e. The Hall–Kier alpha value is -2.07. The van der Waals surface area contributed by atoms with Crippen LogP contribution < -0.4 is 10.0 Å². The SMILES string of the molecule is CNS(=O)(=O)CCNC(=O)c1cc(F)ccc1[N+](=O)[O-]. The zero-order valence-electron chi connectivity index (χ0n) is 10.4. The molecule has 0 fully saturated rings. The van der Waals surface area contributed by atoms with Gasteiger partial charge >= 0.3 is 0 Å². The minimum Gasteiger partial charge on any atom is -0.351 e. The van der Waals surface area contributed by atoms with Gasteiger partial charge in [0.15, 0.2) is 0 Å². The molecule has 1 rings (SSSR count). The Labute approximate surface area is 114 Å². The fourth-order valence-electron chi connectivity index (χ4n) is 1.35. The maximum atomic E-state index is 13.0. The molecule has 0 atom stereocenters. The Morgan fingerprint density at radius 2 is 2.10 bits per heavy atom. The molecule has 0 aliphatic carbocycles. The predicted molar refractivity (Wildman–Crippen MR) is 68.2 cm³/mol. The van der Waals surface area contributed by atoms with E-state index >= 15 is 0 Å². The molecule has 0 unspecified atom stereocenters. The summed E-state index contributed by atoms with van der Waals surface area (Å²) in [6.45, 7) is -0.254. The molecule has 1 aromatic rings. The summed E-state index contributed by atoms with van der Waals surface area (Å²) in [7, 11) is -2.29. The summed E-state index contributed by atoms with van der Waals surface area (Å²) in [5.74, 6) is -2.11. The number of hydrogen-bond acceptors (Lipinski definition) is 5. The van der Waals surface area contributed by atoms with Gasteiger partial charge < -0.3 is 5.32 Å². The molecule has 20 heavy (non-hydrogen) atoms. The number of benzene rings is 1. The minimum absolute atomic E-state index is 0.254. The van der Waals surface area contributed by atoms with Gasteiger partial charge in [-0.25, -0.2) is 17.5 Å². The summed E-state index contributed by atoms with van der Waals surface area (Å²) >= 11 is 0. The standard InChI is InChI=1S/C10H12FN3O5S/c1-12-20(18,19)5-4-13-10(15)8-6-7(11)2-3-9(8)14(16)17/h2-3,6,12H,4-5H2,1H3,(H,13,15). The van der Waals surface area contributed by atoms with E-state index in [2.05, 4.69) is 5.32 Å². The highest BCUT2D eigenvalue weighted by atomic mass is 32.2. The van der Waals surface area contributed by atoms with E-state index in [4.69, 9.17) is 0 Å². The van der Waals surface area contributed by atoms with Gasteiger partial charge in [0, 0.05) is 12.6 Å². The quantitative estimate of drug-likeness (QED) is 0.567. The molecule has 8 nitrogen and oxygen atoms in total. The summed E-state index contributed by atoms with van der Waals surface area (Å²) in [5.41, 5.74) is -1.02. The van der Waals surface area contributed by atoms with E-state index in [1.165, 1.54) is 7.05 Å². The number of nitrogens with zero attached hydrogens (tertiary/aromatic N) is 1. The molecular weight excluding hydrogens is 293 g/mol. The highest BCUT2D eigenvalue weighted by Gasteiger charge is 2.21. The van der Waals surface area contributed by atoms with Gasteiger partial charge in [-0.05, 0) is 19.2 Å². The van der Waals surface area contributed by atoms with Crippen LogP contribution in [0.1, 0.15) is 10.4 Å². The molecule has 0 radical (unpaired) electrons. The van der Waals surface area contributed by atoms with Crippen molar-refractivity contribution in [2.75, 3.05) is 19.3 Å².